The molecule has 19 heavy (non-hydrogen) atoms. The molecule has 0 atom stereocenters. The second-order valence-corrected chi connectivity index (χ2v) is 8.50. The molecule has 2 aliphatic rings. The molecule has 4 nitrogen and oxygen atoms in total. The zero-order valence-corrected chi connectivity index (χ0v) is 12.7. The first-order valence-electron chi connectivity index (χ1n) is 6.75. The fraction of sp³-hybridized carbons (Fsp3) is 0.692. The second kappa shape index (κ2) is 4.55. The molecule has 1 aromatic heterocycles. The minimum atomic E-state index is -3.41. The average Bonchev–Trinajstić information content (AvgIpc) is 3.23. The number of nitrogens with one attached hydrogen (secondary N) is 1. The lowest BCUT2D eigenvalue weighted by Crippen LogP contribution is -2.32. The molecular formula is C13H20N2O2S2. The van der Waals surface area contributed by atoms with E-state index in [-0.39, 0.29) is 12.0 Å². The average molecular weight is 300 g/mol. The van der Waals surface area contributed by atoms with Crippen molar-refractivity contribution in [3.05, 3.63) is 15.8 Å². The van der Waals surface area contributed by atoms with Crippen molar-refractivity contribution in [2.75, 3.05) is 6.54 Å². The fourth-order valence-corrected chi connectivity index (χ4v) is 5.72. The third-order valence-electron chi connectivity index (χ3n) is 4.39. The van der Waals surface area contributed by atoms with Crippen molar-refractivity contribution < 1.29 is 8.42 Å². The molecule has 3 N–H and O–H groups in total. The Morgan fingerprint density at radius 3 is 2.68 bits per heavy atom. The van der Waals surface area contributed by atoms with Gasteiger partial charge in [-0.25, -0.2) is 13.1 Å². The van der Waals surface area contributed by atoms with E-state index in [1.807, 2.05) is 12.3 Å². The maximum atomic E-state index is 12.5. The van der Waals surface area contributed by atoms with Crippen LogP contribution in [0.1, 0.15) is 36.1 Å². The van der Waals surface area contributed by atoms with E-state index in [4.69, 9.17) is 5.73 Å². The van der Waals surface area contributed by atoms with Crippen LogP contribution in [0.25, 0.3) is 0 Å². The summed E-state index contributed by atoms with van der Waals surface area (Å²) < 4.78 is 27.7. The number of rotatable bonds is 6. The van der Waals surface area contributed by atoms with E-state index < -0.39 is 10.0 Å². The lowest BCUT2D eigenvalue weighted by Gasteiger charge is -2.15. The normalized spacial score (nSPS) is 21.6. The minimum absolute atomic E-state index is 0.278. The molecule has 0 aromatic carbocycles. The summed E-state index contributed by atoms with van der Waals surface area (Å²) >= 11 is 1.43. The summed E-state index contributed by atoms with van der Waals surface area (Å²) in [5.74, 6) is 0.757. The largest absolute Gasteiger partial charge is 0.326 e. The number of aryl methyl sites for hydroxylation is 1. The number of hydrogen-bond acceptors (Lipinski definition) is 4. The molecule has 0 bridgehead atoms. The highest BCUT2D eigenvalue weighted by Gasteiger charge is 2.53. The van der Waals surface area contributed by atoms with Crippen molar-refractivity contribution >= 4 is 21.4 Å². The molecule has 0 saturated heterocycles. The van der Waals surface area contributed by atoms with E-state index >= 15 is 0 Å². The summed E-state index contributed by atoms with van der Waals surface area (Å²) in [6.07, 6.45) is 4.89. The van der Waals surface area contributed by atoms with E-state index in [0.29, 0.717) is 11.4 Å². The molecule has 106 valence electrons. The van der Waals surface area contributed by atoms with Gasteiger partial charge in [0, 0.05) is 18.0 Å². The number of sulfonamides is 1. The van der Waals surface area contributed by atoms with Gasteiger partial charge in [0.25, 0.3) is 0 Å². The molecule has 0 unspecified atom stereocenters. The molecule has 0 radical (unpaired) electrons. The molecular weight excluding hydrogens is 280 g/mol. The van der Waals surface area contributed by atoms with Crippen LogP contribution in [-0.4, -0.2) is 15.0 Å². The summed E-state index contributed by atoms with van der Waals surface area (Å²) in [6.45, 7) is 2.71. The molecule has 2 aliphatic carbocycles. The molecule has 2 fully saturated rings. The van der Waals surface area contributed by atoms with E-state index in [0.717, 1.165) is 16.4 Å². The minimum Gasteiger partial charge on any atom is -0.326 e. The summed E-state index contributed by atoms with van der Waals surface area (Å²) in [7, 11) is -3.41. The van der Waals surface area contributed by atoms with Crippen LogP contribution < -0.4 is 10.5 Å². The number of thiophene rings is 1. The third kappa shape index (κ3) is 2.46. The Morgan fingerprint density at radius 1 is 1.47 bits per heavy atom. The Balaban J connectivity index is 1.77. The van der Waals surface area contributed by atoms with Gasteiger partial charge in [0.05, 0.1) is 0 Å². The Labute approximate surface area is 118 Å². The molecule has 1 aromatic rings. The smallest absolute Gasteiger partial charge is 0.242 e. The second-order valence-electron chi connectivity index (χ2n) is 5.84. The van der Waals surface area contributed by atoms with E-state index in [1.54, 1.807) is 0 Å². The molecule has 0 amide bonds. The molecule has 0 spiro atoms. The van der Waals surface area contributed by atoms with E-state index in [2.05, 4.69) is 4.72 Å². The highest BCUT2D eigenvalue weighted by Crippen LogP contribution is 2.60. The lowest BCUT2D eigenvalue weighted by molar-refractivity contribution is 0.431. The van der Waals surface area contributed by atoms with Crippen LogP contribution >= 0.6 is 11.3 Å². The standard InChI is InChI=1S/C13H20N2O2S2/c1-9-7-18-11(6-14)12(9)19(16,17)15-8-13(4-5-13)10-2-3-10/h7,10,15H,2-6,8,14H2,1H3. The summed E-state index contributed by atoms with van der Waals surface area (Å²) in [5, 5.41) is 1.87. The van der Waals surface area contributed by atoms with Crippen molar-refractivity contribution in [1.29, 1.82) is 0 Å². The summed E-state index contributed by atoms with van der Waals surface area (Å²) in [6, 6.07) is 0. The molecule has 1 heterocycles. The van der Waals surface area contributed by atoms with Gasteiger partial charge in [0.2, 0.25) is 10.0 Å². The van der Waals surface area contributed by atoms with Crippen LogP contribution in [0.4, 0.5) is 0 Å². The van der Waals surface area contributed by atoms with Gasteiger partial charge in [-0.05, 0) is 54.9 Å². The van der Waals surface area contributed by atoms with Gasteiger partial charge in [0.1, 0.15) is 4.90 Å². The van der Waals surface area contributed by atoms with Crippen molar-refractivity contribution in [3.8, 4) is 0 Å². The van der Waals surface area contributed by atoms with Crippen LogP contribution in [0.15, 0.2) is 10.3 Å². The van der Waals surface area contributed by atoms with Crippen LogP contribution in [0, 0.1) is 18.3 Å². The monoisotopic (exact) mass is 300 g/mol. The predicted octanol–water partition coefficient (Wildman–Crippen LogP) is 1.98. The zero-order chi connectivity index (χ0) is 13.7. The Morgan fingerprint density at radius 2 is 2.16 bits per heavy atom. The molecule has 3 rings (SSSR count). The zero-order valence-electron chi connectivity index (χ0n) is 11.1. The first-order valence-corrected chi connectivity index (χ1v) is 9.11. The molecule has 6 heteroatoms. The third-order valence-corrected chi connectivity index (χ3v) is 7.28. The van der Waals surface area contributed by atoms with Crippen molar-refractivity contribution in [1.82, 2.24) is 4.72 Å². The van der Waals surface area contributed by atoms with Gasteiger partial charge in [-0.3, -0.25) is 0 Å². The fourth-order valence-electron chi connectivity index (χ4n) is 2.89. The van der Waals surface area contributed by atoms with E-state index in [9.17, 15) is 8.42 Å². The molecule has 2 saturated carbocycles. The first kappa shape index (κ1) is 13.5. The van der Waals surface area contributed by atoms with Gasteiger partial charge in [-0.2, -0.15) is 0 Å². The maximum Gasteiger partial charge on any atom is 0.242 e. The lowest BCUT2D eigenvalue weighted by atomic mass is 10.0. The Bertz CT molecular complexity index is 584. The van der Waals surface area contributed by atoms with Crippen LogP contribution in [0.2, 0.25) is 0 Å². The topological polar surface area (TPSA) is 72.2 Å². The van der Waals surface area contributed by atoms with Gasteiger partial charge in [0.15, 0.2) is 0 Å². The van der Waals surface area contributed by atoms with E-state index in [1.165, 1.54) is 37.0 Å². The van der Waals surface area contributed by atoms with Crippen molar-refractivity contribution in [3.63, 3.8) is 0 Å². The van der Waals surface area contributed by atoms with Gasteiger partial charge in [-0.15, -0.1) is 11.3 Å². The van der Waals surface area contributed by atoms with Crippen molar-refractivity contribution in [2.45, 2.75) is 44.0 Å². The highest BCUT2D eigenvalue weighted by molar-refractivity contribution is 7.89. The maximum absolute atomic E-state index is 12.5. The highest BCUT2D eigenvalue weighted by atomic mass is 32.2. The van der Waals surface area contributed by atoms with Crippen LogP contribution in [0.3, 0.4) is 0 Å². The number of hydrogen-bond donors (Lipinski definition) is 2. The van der Waals surface area contributed by atoms with Crippen LogP contribution in [0.5, 0.6) is 0 Å². The quantitative estimate of drug-likeness (QED) is 0.844. The van der Waals surface area contributed by atoms with Gasteiger partial charge in [-0.1, -0.05) is 0 Å². The molecule has 0 aliphatic heterocycles. The summed E-state index contributed by atoms with van der Waals surface area (Å²) in [4.78, 5) is 1.16. The number of nitrogens with two attached hydrogens (primary N) is 1. The predicted molar refractivity (Wildman–Crippen MR) is 76.5 cm³/mol. The SMILES string of the molecule is Cc1csc(CN)c1S(=O)(=O)NCC1(C2CC2)CC1. The first-order chi connectivity index (χ1) is 8.98. The van der Waals surface area contributed by atoms with Gasteiger partial charge < -0.3 is 5.73 Å². The van der Waals surface area contributed by atoms with Crippen molar-refractivity contribution in [2.24, 2.45) is 17.1 Å². The Kier molecular flexibility index (Phi) is 3.24. The van der Waals surface area contributed by atoms with Crippen LogP contribution in [-0.2, 0) is 16.6 Å². The Hall–Kier alpha value is -0.430. The van der Waals surface area contributed by atoms with Gasteiger partial charge >= 0.3 is 0 Å². The summed E-state index contributed by atoms with van der Waals surface area (Å²) in [5.41, 5.74) is 6.71.